The molecule has 23 heavy (non-hydrogen) atoms. The lowest BCUT2D eigenvalue weighted by molar-refractivity contribution is -0.117. The lowest BCUT2D eigenvalue weighted by Gasteiger charge is -2.18. The number of benzene rings is 2. The van der Waals surface area contributed by atoms with E-state index in [2.05, 4.69) is 37.4 Å². The fraction of sp³-hybridized carbons (Fsp3) is 0.278. The summed E-state index contributed by atoms with van der Waals surface area (Å²) in [6.07, 6.45) is 0. The van der Waals surface area contributed by atoms with Crippen molar-refractivity contribution in [2.45, 2.75) is 20.4 Å². The average Bonchev–Trinajstić information content (AvgIpc) is 2.46. The monoisotopic (exact) mass is 350 g/mol. The van der Waals surface area contributed by atoms with Gasteiger partial charge in [0.2, 0.25) is 5.91 Å². The number of halogens is 2. The van der Waals surface area contributed by atoms with Crippen LogP contribution in [-0.4, -0.2) is 24.4 Å². The Bertz CT molecular complexity index is 716. The minimum atomic E-state index is -0.124. The molecule has 0 heterocycles. The van der Waals surface area contributed by atoms with Gasteiger partial charge in [0.15, 0.2) is 0 Å². The number of nitrogens with one attached hydrogen (secondary N) is 1. The standard InChI is InChI=1S/C18H20Cl2N2O/c1-12-4-5-14(13(2)8-12)10-22(3)11-18(23)21-17-9-15(19)6-7-16(17)20/h4-9H,10-11H2,1-3H3,(H,21,23). The molecule has 3 nitrogen and oxygen atoms in total. The summed E-state index contributed by atoms with van der Waals surface area (Å²) in [5.74, 6) is -0.124. The number of carbonyl (C=O) groups excluding carboxylic acids is 1. The Morgan fingerprint density at radius 2 is 1.87 bits per heavy atom. The van der Waals surface area contributed by atoms with E-state index in [1.54, 1.807) is 18.2 Å². The van der Waals surface area contributed by atoms with E-state index in [9.17, 15) is 4.79 Å². The summed E-state index contributed by atoms with van der Waals surface area (Å²) in [4.78, 5) is 14.1. The molecule has 0 saturated carbocycles. The molecule has 122 valence electrons. The third-order valence-corrected chi connectivity index (χ3v) is 4.12. The first-order chi connectivity index (χ1) is 10.8. The highest BCUT2D eigenvalue weighted by Gasteiger charge is 2.11. The molecule has 2 aromatic carbocycles. The highest BCUT2D eigenvalue weighted by atomic mass is 35.5. The molecular formula is C18H20Cl2N2O. The van der Waals surface area contributed by atoms with Gasteiger partial charge < -0.3 is 5.32 Å². The van der Waals surface area contributed by atoms with Crippen molar-refractivity contribution >= 4 is 34.8 Å². The van der Waals surface area contributed by atoms with Gasteiger partial charge in [0.25, 0.3) is 0 Å². The highest BCUT2D eigenvalue weighted by molar-refractivity contribution is 6.35. The van der Waals surface area contributed by atoms with Crippen LogP contribution in [-0.2, 0) is 11.3 Å². The molecule has 0 saturated heterocycles. The van der Waals surface area contributed by atoms with Crippen LogP contribution >= 0.6 is 23.2 Å². The third-order valence-electron chi connectivity index (χ3n) is 3.55. The van der Waals surface area contributed by atoms with E-state index in [1.807, 2.05) is 11.9 Å². The minimum Gasteiger partial charge on any atom is -0.324 e. The van der Waals surface area contributed by atoms with Crippen molar-refractivity contribution in [2.75, 3.05) is 18.9 Å². The summed E-state index contributed by atoms with van der Waals surface area (Å²) in [6.45, 7) is 5.14. The first-order valence-corrected chi connectivity index (χ1v) is 8.10. The Kier molecular flexibility index (Phi) is 6.05. The summed E-state index contributed by atoms with van der Waals surface area (Å²) >= 11 is 12.0. The third kappa shape index (κ3) is 5.24. The van der Waals surface area contributed by atoms with Crippen LogP contribution in [0, 0.1) is 13.8 Å². The van der Waals surface area contributed by atoms with Crippen LogP contribution in [0.5, 0.6) is 0 Å². The van der Waals surface area contributed by atoms with Crippen molar-refractivity contribution in [3.8, 4) is 0 Å². The second kappa shape index (κ2) is 7.82. The first-order valence-electron chi connectivity index (χ1n) is 7.34. The second-order valence-electron chi connectivity index (χ2n) is 5.77. The summed E-state index contributed by atoms with van der Waals surface area (Å²) in [7, 11) is 1.92. The lowest BCUT2D eigenvalue weighted by atomic mass is 10.1. The molecule has 0 unspecified atom stereocenters. The number of nitrogens with zero attached hydrogens (tertiary/aromatic N) is 1. The van der Waals surface area contributed by atoms with Crippen LogP contribution < -0.4 is 5.32 Å². The number of carbonyl (C=O) groups is 1. The number of hydrogen-bond donors (Lipinski definition) is 1. The molecule has 0 fully saturated rings. The van der Waals surface area contributed by atoms with Crippen molar-refractivity contribution in [2.24, 2.45) is 0 Å². The number of anilines is 1. The number of hydrogen-bond acceptors (Lipinski definition) is 2. The van der Waals surface area contributed by atoms with Crippen LogP contribution in [0.2, 0.25) is 10.0 Å². The Labute approximate surface area is 147 Å². The van der Waals surface area contributed by atoms with E-state index in [1.165, 1.54) is 16.7 Å². The average molecular weight is 351 g/mol. The maximum atomic E-state index is 12.2. The van der Waals surface area contributed by atoms with Crippen molar-refractivity contribution in [3.63, 3.8) is 0 Å². The molecule has 0 aliphatic rings. The molecule has 0 bridgehead atoms. The Balaban J connectivity index is 1.95. The SMILES string of the molecule is Cc1ccc(CN(C)CC(=O)Nc2cc(Cl)ccc2Cl)c(C)c1. The van der Waals surface area contributed by atoms with E-state index in [0.29, 0.717) is 22.3 Å². The van der Waals surface area contributed by atoms with Gasteiger partial charge in [-0.1, -0.05) is 47.0 Å². The fourth-order valence-corrected chi connectivity index (χ4v) is 2.73. The molecule has 0 aliphatic heterocycles. The van der Waals surface area contributed by atoms with Gasteiger partial charge in [0.05, 0.1) is 17.3 Å². The Morgan fingerprint density at radius 3 is 2.57 bits per heavy atom. The Morgan fingerprint density at radius 1 is 1.13 bits per heavy atom. The molecule has 1 N–H and O–H groups in total. The van der Waals surface area contributed by atoms with Gasteiger partial charge in [-0.25, -0.2) is 0 Å². The molecule has 5 heteroatoms. The summed E-state index contributed by atoms with van der Waals surface area (Å²) in [6, 6.07) is 11.3. The van der Waals surface area contributed by atoms with E-state index in [0.717, 1.165) is 0 Å². The largest absolute Gasteiger partial charge is 0.324 e. The highest BCUT2D eigenvalue weighted by Crippen LogP contribution is 2.25. The van der Waals surface area contributed by atoms with E-state index >= 15 is 0 Å². The zero-order chi connectivity index (χ0) is 17.0. The van der Waals surface area contributed by atoms with Gasteiger partial charge in [0.1, 0.15) is 0 Å². The molecular weight excluding hydrogens is 331 g/mol. The first kappa shape index (κ1) is 17.8. The zero-order valence-electron chi connectivity index (χ0n) is 13.5. The molecule has 0 spiro atoms. The maximum Gasteiger partial charge on any atom is 0.238 e. The van der Waals surface area contributed by atoms with E-state index in [4.69, 9.17) is 23.2 Å². The quantitative estimate of drug-likeness (QED) is 0.848. The number of amides is 1. The van der Waals surface area contributed by atoms with Crippen LogP contribution in [0.1, 0.15) is 16.7 Å². The molecule has 1 amide bonds. The molecule has 0 atom stereocenters. The van der Waals surface area contributed by atoms with Crippen molar-refractivity contribution in [1.29, 1.82) is 0 Å². The van der Waals surface area contributed by atoms with Crippen LogP contribution in [0.15, 0.2) is 36.4 Å². The predicted molar refractivity (Wildman–Crippen MR) is 97.3 cm³/mol. The number of aryl methyl sites for hydroxylation is 2. The van der Waals surface area contributed by atoms with Crippen molar-refractivity contribution in [1.82, 2.24) is 4.90 Å². The van der Waals surface area contributed by atoms with Gasteiger partial charge in [-0.15, -0.1) is 0 Å². The lowest BCUT2D eigenvalue weighted by Crippen LogP contribution is -2.30. The van der Waals surface area contributed by atoms with Gasteiger partial charge >= 0.3 is 0 Å². The number of likely N-dealkylation sites (N-methyl/N-ethyl adjacent to an activating group) is 1. The summed E-state index contributed by atoms with van der Waals surface area (Å²) in [5.41, 5.74) is 4.22. The molecule has 0 radical (unpaired) electrons. The summed E-state index contributed by atoms with van der Waals surface area (Å²) in [5, 5.41) is 3.80. The van der Waals surface area contributed by atoms with Crippen LogP contribution in [0.25, 0.3) is 0 Å². The van der Waals surface area contributed by atoms with Gasteiger partial charge in [-0.2, -0.15) is 0 Å². The maximum absolute atomic E-state index is 12.2. The predicted octanol–water partition coefficient (Wildman–Crippen LogP) is 4.68. The van der Waals surface area contributed by atoms with Crippen LogP contribution in [0.4, 0.5) is 5.69 Å². The van der Waals surface area contributed by atoms with Gasteiger partial charge in [-0.05, 0) is 50.2 Å². The zero-order valence-corrected chi connectivity index (χ0v) is 15.0. The van der Waals surface area contributed by atoms with E-state index < -0.39 is 0 Å². The fourth-order valence-electron chi connectivity index (χ4n) is 2.40. The normalized spacial score (nSPS) is 10.9. The second-order valence-corrected chi connectivity index (χ2v) is 6.62. The molecule has 2 rings (SSSR count). The van der Waals surface area contributed by atoms with Gasteiger partial charge in [-0.3, -0.25) is 9.69 Å². The molecule has 0 aromatic heterocycles. The minimum absolute atomic E-state index is 0.124. The number of rotatable bonds is 5. The van der Waals surface area contributed by atoms with E-state index in [-0.39, 0.29) is 12.5 Å². The Hall–Kier alpha value is -1.55. The molecule has 0 aliphatic carbocycles. The van der Waals surface area contributed by atoms with Crippen molar-refractivity contribution < 1.29 is 4.79 Å². The van der Waals surface area contributed by atoms with Crippen LogP contribution in [0.3, 0.4) is 0 Å². The summed E-state index contributed by atoms with van der Waals surface area (Å²) < 4.78 is 0. The molecule has 2 aromatic rings. The van der Waals surface area contributed by atoms with Gasteiger partial charge in [0, 0.05) is 11.6 Å². The smallest absolute Gasteiger partial charge is 0.238 e. The topological polar surface area (TPSA) is 32.3 Å². The van der Waals surface area contributed by atoms with Crippen molar-refractivity contribution in [3.05, 3.63) is 63.1 Å².